The molecule has 0 atom stereocenters. The fraction of sp³-hybridized carbons (Fsp3) is 0.111. The van der Waals surface area contributed by atoms with E-state index >= 15 is 0 Å². The maximum absolute atomic E-state index is 12.8. The second-order valence-electron chi connectivity index (χ2n) is 8.04. The minimum atomic E-state index is -0.381. The standard InChI is InChI=1S/C27H24N6O2S/c1-2-33-26(35)21-11-6-7-12-22(21)28-27(33)30-29-24(34)15-14-20-18-32(17-19-9-4-3-5-10-19)31-25(20)23-13-8-16-36-23/h3-16,18H,2,17H2,1H3,(H,28,30)(H,29,34)/b15-14+. The molecule has 0 radical (unpaired) electrons. The van der Waals surface area contributed by atoms with Crippen LogP contribution in [0.1, 0.15) is 18.1 Å². The highest BCUT2D eigenvalue weighted by molar-refractivity contribution is 7.13. The van der Waals surface area contributed by atoms with Crippen molar-refractivity contribution in [3.8, 4) is 10.6 Å². The summed E-state index contributed by atoms with van der Waals surface area (Å²) in [6.45, 7) is 2.89. The molecular weight excluding hydrogens is 472 g/mol. The van der Waals surface area contributed by atoms with E-state index in [9.17, 15) is 9.59 Å². The Morgan fingerprint density at radius 2 is 1.86 bits per heavy atom. The van der Waals surface area contributed by atoms with Crippen molar-refractivity contribution in [1.29, 1.82) is 0 Å². The molecule has 0 aliphatic rings. The average molecular weight is 497 g/mol. The lowest BCUT2D eigenvalue weighted by Crippen LogP contribution is -2.33. The number of thiophene rings is 1. The van der Waals surface area contributed by atoms with Crippen molar-refractivity contribution in [2.75, 3.05) is 5.43 Å². The minimum Gasteiger partial charge on any atom is -0.277 e. The van der Waals surface area contributed by atoms with E-state index in [1.165, 1.54) is 10.6 Å². The number of hydrogen-bond donors (Lipinski definition) is 2. The lowest BCUT2D eigenvalue weighted by molar-refractivity contribution is -0.116. The molecule has 0 saturated heterocycles. The molecule has 180 valence electrons. The highest BCUT2D eigenvalue weighted by Gasteiger charge is 2.12. The number of fused-ring (bicyclic) bond motifs is 1. The number of nitrogens with zero attached hydrogens (tertiary/aromatic N) is 4. The third kappa shape index (κ3) is 4.96. The van der Waals surface area contributed by atoms with Crippen molar-refractivity contribution in [2.24, 2.45) is 0 Å². The number of aromatic nitrogens is 4. The largest absolute Gasteiger partial charge is 0.277 e. The number of rotatable bonds is 8. The molecule has 1 amide bonds. The summed E-state index contributed by atoms with van der Waals surface area (Å²) >= 11 is 1.59. The summed E-state index contributed by atoms with van der Waals surface area (Å²) in [7, 11) is 0. The Bertz CT molecular complexity index is 1590. The van der Waals surface area contributed by atoms with E-state index in [1.807, 2.05) is 59.6 Å². The van der Waals surface area contributed by atoms with Crippen LogP contribution in [0.4, 0.5) is 5.95 Å². The molecule has 2 N–H and O–H groups in total. The number of hydrogen-bond acceptors (Lipinski definition) is 6. The second kappa shape index (κ2) is 10.4. The third-order valence-electron chi connectivity index (χ3n) is 5.62. The summed E-state index contributed by atoms with van der Waals surface area (Å²) in [6.07, 6.45) is 5.10. The fourth-order valence-corrected chi connectivity index (χ4v) is 4.63. The van der Waals surface area contributed by atoms with E-state index in [1.54, 1.807) is 35.6 Å². The summed E-state index contributed by atoms with van der Waals surface area (Å²) in [5.74, 6) is -0.106. The van der Waals surface area contributed by atoms with Crippen molar-refractivity contribution < 1.29 is 4.79 Å². The number of anilines is 1. The maximum atomic E-state index is 12.8. The van der Waals surface area contributed by atoms with E-state index in [-0.39, 0.29) is 17.4 Å². The molecule has 3 aromatic heterocycles. The van der Waals surface area contributed by atoms with Crippen molar-refractivity contribution in [3.63, 3.8) is 0 Å². The van der Waals surface area contributed by atoms with Gasteiger partial charge in [-0.3, -0.25) is 29.7 Å². The van der Waals surface area contributed by atoms with E-state index in [0.717, 1.165) is 21.7 Å². The lowest BCUT2D eigenvalue weighted by Gasteiger charge is -2.13. The molecule has 36 heavy (non-hydrogen) atoms. The number of para-hydroxylation sites is 1. The van der Waals surface area contributed by atoms with Crippen molar-refractivity contribution >= 4 is 40.2 Å². The number of amides is 1. The summed E-state index contributed by atoms with van der Waals surface area (Å²) in [6, 6.07) is 21.2. The Morgan fingerprint density at radius 1 is 1.06 bits per heavy atom. The van der Waals surface area contributed by atoms with E-state index in [0.29, 0.717) is 24.0 Å². The van der Waals surface area contributed by atoms with Gasteiger partial charge >= 0.3 is 0 Å². The monoisotopic (exact) mass is 496 g/mol. The molecule has 0 spiro atoms. The van der Waals surface area contributed by atoms with Crippen LogP contribution < -0.4 is 16.4 Å². The Hall–Kier alpha value is -4.50. The van der Waals surface area contributed by atoms with Crippen LogP contribution in [-0.2, 0) is 17.9 Å². The van der Waals surface area contributed by atoms with Crippen molar-refractivity contribution in [2.45, 2.75) is 20.0 Å². The Kier molecular flexibility index (Phi) is 6.72. The lowest BCUT2D eigenvalue weighted by atomic mass is 10.2. The summed E-state index contributed by atoms with van der Waals surface area (Å²) < 4.78 is 3.36. The van der Waals surface area contributed by atoms with Gasteiger partial charge in [-0.2, -0.15) is 5.10 Å². The molecule has 9 heteroatoms. The Labute approximate surface area is 211 Å². The zero-order valence-electron chi connectivity index (χ0n) is 19.6. The first kappa shape index (κ1) is 23.3. The van der Waals surface area contributed by atoms with Crippen LogP contribution in [0.2, 0.25) is 0 Å². The van der Waals surface area contributed by atoms with Gasteiger partial charge in [-0.25, -0.2) is 4.98 Å². The van der Waals surface area contributed by atoms with Crippen LogP contribution in [0.3, 0.4) is 0 Å². The van der Waals surface area contributed by atoms with Gasteiger partial charge in [0.2, 0.25) is 5.95 Å². The molecule has 0 unspecified atom stereocenters. The van der Waals surface area contributed by atoms with Gasteiger partial charge in [0, 0.05) is 24.4 Å². The molecule has 0 saturated carbocycles. The average Bonchev–Trinajstić information content (AvgIpc) is 3.57. The van der Waals surface area contributed by atoms with Gasteiger partial charge in [0.25, 0.3) is 11.5 Å². The quantitative estimate of drug-likeness (QED) is 0.243. The van der Waals surface area contributed by atoms with Crippen LogP contribution in [-0.4, -0.2) is 25.2 Å². The summed E-state index contributed by atoms with van der Waals surface area (Å²) in [5, 5.41) is 7.29. The highest BCUT2D eigenvalue weighted by atomic mass is 32.1. The van der Waals surface area contributed by atoms with Crippen LogP contribution >= 0.6 is 11.3 Å². The van der Waals surface area contributed by atoms with Crippen LogP contribution in [0.5, 0.6) is 0 Å². The van der Waals surface area contributed by atoms with Gasteiger partial charge in [-0.15, -0.1) is 11.3 Å². The van der Waals surface area contributed by atoms with Gasteiger partial charge < -0.3 is 0 Å². The van der Waals surface area contributed by atoms with Crippen molar-refractivity contribution in [3.05, 3.63) is 106 Å². The maximum Gasteiger partial charge on any atom is 0.262 e. The molecule has 0 aliphatic heterocycles. The molecule has 0 bridgehead atoms. The first-order chi connectivity index (χ1) is 17.6. The molecule has 3 heterocycles. The van der Waals surface area contributed by atoms with Gasteiger partial charge in [0.1, 0.15) is 5.69 Å². The fourth-order valence-electron chi connectivity index (χ4n) is 3.90. The van der Waals surface area contributed by atoms with Crippen LogP contribution in [0.25, 0.3) is 27.6 Å². The smallest absolute Gasteiger partial charge is 0.262 e. The molecule has 0 fully saturated rings. The van der Waals surface area contributed by atoms with Gasteiger partial charge in [-0.05, 0) is 42.1 Å². The number of hydrazine groups is 1. The minimum absolute atomic E-state index is 0.165. The highest BCUT2D eigenvalue weighted by Crippen LogP contribution is 2.27. The first-order valence-corrected chi connectivity index (χ1v) is 12.4. The van der Waals surface area contributed by atoms with E-state index < -0.39 is 0 Å². The zero-order chi connectivity index (χ0) is 24.9. The molecule has 5 rings (SSSR count). The number of carbonyl (C=O) groups excluding carboxylic acids is 1. The normalized spacial score (nSPS) is 11.2. The SMILES string of the molecule is CCn1c(NNC(=O)/C=C/c2cn(Cc3ccccc3)nc2-c2cccs2)nc2ccccc2c1=O. The number of benzene rings is 2. The molecule has 5 aromatic rings. The topological polar surface area (TPSA) is 93.8 Å². The molecule has 0 aliphatic carbocycles. The Morgan fingerprint density at radius 3 is 2.64 bits per heavy atom. The van der Waals surface area contributed by atoms with Crippen LogP contribution in [0.15, 0.2) is 89.2 Å². The molecular formula is C27H24N6O2S. The first-order valence-electron chi connectivity index (χ1n) is 11.5. The predicted molar refractivity (Wildman–Crippen MR) is 144 cm³/mol. The molecule has 2 aromatic carbocycles. The second-order valence-corrected chi connectivity index (χ2v) is 8.99. The third-order valence-corrected chi connectivity index (χ3v) is 6.50. The number of carbonyl (C=O) groups is 1. The Balaban J connectivity index is 1.35. The van der Waals surface area contributed by atoms with Gasteiger partial charge in [0.15, 0.2) is 0 Å². The van der Waals surface area contributed by atoms with Crippen molar-refractivity contribution in [1.82, 2.24) is 24.8 Å². The van der Waals surface area contributed by atoms with E-state index in [4.69, 9.17) is 5.10 Å². The number of nitrogens with one attached hydrogen (secondary N) is 2. The zero-order valence-corrected chi connectivity index (χ0v) is 20.4. The molecule has 8 nitrogen and oxygen atoms in total. The van der Waals surface area contributed by atoms with Crippen LogP contribution in [0, 0.1) is 0 Å². The summed E-state index contributed by atoms with van der Waals surface area (Å²) in [4.78, 5) is 30.9. The van der Waals surface area contributed by atoms with Gasteiger partial charge in [-0.1, -0.05) is 48.5 Å². The predicted octanol–water partition coefficient (Wildman–Crippen LogP) is 4.55. The van der Waals surface area contributed by atoms with E-state index in [2.05, 4.69) is 28.0 Å². The van der Waals surface area contributed by atoms with Gasteiger partial charge in [0.05, 0.1) is 22.3 Å². The summed E-state index contributed by atoms with van der Waals surface area (Å²) in [5.41, 5.74) is 8.59.